The smallest absolute Gasteiger partial charge is 0.361 e. The highest BCUT2D eigenvalue weighted by Gasteiger charge is 2.25. The Morgan fingerprint density at radius 1 is 1.19 bits per heavy atom. The molecule has 0 fully saturated rings. The molecule has 0 aliphatic heterocycles. The Labute approximate surface area is 151 Å². The second-order valence-corrected chi connectivity index (χ2v) is 6.44. The van der Waals surface area contributed by atoms with Crippen LogP contribution < -0.4 is 0 Å². The highest BCUT2D eigenvalue weighted by Crippen LogP contribution is 2.28. The number of rotatable bonds is 5. The highest BCUT2D eigenvalue weighted by atomic mass is 19.1. The third kappa shape index (κ3) is 3.74. The van der Waals surface area contributed by atoms with Crippen LogP contribution in [0, 0.1) is 5.95 Å². The molecule has 0 radical (unpaired) electrons. The number of halogens is 1. The zero-order chi connectivity index (χ0) is 18.7. The SMILES string of the molecule is CC(=O)C1=C(OC(=O)c2cc(F)nn2[C@H](C)c2ccccc2)CCCC1. The molecule has 26 heavy (non-hydrogen) atoms. The first-order valence-corrected chi connectivity index (χ1v) is 8.72. The fourth-order valence-corrected chi connectivity index (χ4v) is 3.21. The lowest BCUT2D eigenvalue weighted by Gasteiger charge is -2.19. The molecule has 1 atom stereocenters. The number of nitrogens with zero attached hydrogens (tertiary/aromatic N) is 2. The van der Waals surface area contributed by atoms with E-state index in [4.69, 9.17) is 4.74 Å². The molecule has 5 nitrogen and oxygen atoms in total. The Hall–Kier alpha value is -2.76. The number of ether oxygens (including phenoxy) is 1. The van der Waals surface area contributed by atoms with Gasteiger partial charge in [-0.05, 0) is 38.7 Å². The van der Waals surface area contributed by atoms with Crippen LogP contribution in [0.25, 0.3) is 0 Å². The number of aromatic nitrogens is 2. The molecule has 1 heterocycles. The first-order chi connectivity index (χ1) is 12.5. The second-order valence-electron chi connectivity index (χ2n) is 6.44. The Kier molecular flexibility index (Phi) is 5.30. The predicted molar refractivity (Wildman–Crippen MR) is 94.0 cm³/mol. The summed E-state index contributed by atoms with van der Waals surface area (Å²) in [7, 11) is 0. The third-order valence-electron chi connectivity index (χ3n) is 4.62. The van der Waals surface area contributed by atoms with Crippen LogP contribution in [0.5, 0.6) is 0 Å². The van der Waals surface area contributed by atoms with Crippen molar-refractivity contribution in [1.82, 2.24) is 9.78 Å². The minimum Gasteiger partial charge on any atom is -0.426 e. The summed E-state index contributed by atoms with van der Waals surface area (Å²) in [4.78, 5) is 24.4. The van der Waals surface area contributed by atoms with Crippen LogP contribution in [0.2, 0.25) is 0 Å². The topological polar surface area (TPSA) is 61.2 Å². The molecule has 1 aromatic heterocycles. The minimum atomic E-state index is -0.746. The van der Waals surface area contributed by atoms with E-state index in [2.05, 4.69) is 5.10 Å². The Bertz CT molecular complexity index is 855. The summed E-state index contributed by atoms with van der Waals surface area (Å²) < 4.78 is 20.6. The average Bonchev–Trinajstić information content (AvgIpc) is 3.04. The van der Waals surface area contributed by atoms with Crippen LogP contribution in [-0.2, 0) is 9.53 Å². The lowest BCUT2D eigenvalue weighted by Crippen LogP contribution is -2.19. The van der Waals surface area contributed by atoms with Crippen molar-refractivity contribution in [3.8, 4) is 0 Å². The van der Waals surface area contributed by atoms with Gasteiger partial charge in [0.1, 0.15) is 5.76 Å². The van der Waals surface area contributed by atoms with Crippen molar-refractivity contribution in [2.45, 2.75) is 45.6 Å². The molecular formula is C20H21FN2O3. The molecule has 6 heteroatoms. The van der Waals surface area contributed by atoms with Gasteiger partial charge in [-0.25, -0.2) is 9.48 Å². The summed E-state index contributed by atoms with van der Waals surface area (Å²) in [5.41, 5.74) is 1.47. The summed E-state index contributed by atoms with van der Waals surface area (Å²) in [5.74, 6) is -1.14. The number of esters is 1. The highest BCUT2D eigenvalue weighted by molar-refractivity contribution is 5.95. The van der Waals surface area contributed by atoms with Crippen molar-refractivity contribution < 1.29 is 18.7 Å². The van der Waals surface area contributed by atoms with Crippen molar-refractivity contribution in [3.05, 3.63) is 64.9 Å². The monoisotopic (exact) mass is 356 g/mol. The summed E-state index contributed by atoms with van der Waals surface area (Å²) in [6.45, 7) is 3.30. The molecule has 0 N–H and O–H groups in total. The predicted octanol–water partition coefficient (Wildman–Crippen LogP) is 4.21. The van der Waals surface area contributed by atoms with Crippen molar-refractivity contribution in [2.75, 3.05) is 0 Å². The molecule has 136 valence electrons. The van der Waals surface area contributed by atoms with E-state index in [0.717, 1.165) is 24.5 Å². The van der Waals surface area contributed by atoms with Crippen LogP contribution in [0.15, 0.2) is 47.7 Å². The van der Waals surface area contributed by atoms with Crippen LogP contribution in [0.4, 0.5) is 4.39 Å². The standard InChI is InChI=1S/C20H21FN2O3/c1-13(15-8-4-3-5-9-15)23-17(12-19(21)22-23)20(25)26-18-11-7-6-10-16(18)14(2)24/h3-5,8-9,12-13H,6-7,10-11H2,1-2H3/t13-/m1/s1. The molecular weight excluding hydrogens is 335 g/mol. The number of hydrogen-bond acceptors (Lipinski definition) is 4. The van der Waals surface area contributed by atoms with E-state index in [0.29, 0.717) is 24.2 Å². The van der Waals surface area contributed by atoms with E-state index >= 15 is 0 Å². The van der Waals surface area contributed by atoms with Crippen LogP contribution in [0.3, 0.4) is 0 Å². The van der Waals surface area contributed by atoms with Crippen LogP contribution >= 0.6 is 0 Å². The molecule has 3 rings (SSSR count). The normalized spacial score (nSPS) is 15.7. The molecule has 1 aliphatic carbocycles. The third-order valence-corrected chi connectivity index (χ3v) is 4.62. The molecule has 1 aromatic carbocycles. The van der Waals surface area contributed by atoms with E-state index in [9.17, 15) is 14.0 Å². The number of hydrogen-bond donors (Lipinski definition) is 0. The first kappa shape index (κ1) is 18.0. The van der Waals surface area contributed by atoms with Crippen molar-refractivity contribution >= 4 is 11.8 Å². The average molecular weight is 356 g/mol. The zero-order valence-corrected chi connectivity index (χ0v) is 14.9. The molecule has 0 unspecified atom stereocenters. The van der Waals surface area contributed by atoms with E-state index in [1.165, 1.54) is 11.6 Å². The molecule has 0 amide bonds. The van der Waals surface area contributed by atoms with Gasteiger partial charge in [0.05, 0.1) is 6.04 Å². The van der Waals surface area contributed by atoms with Gasteiger partial charge in [-0.2, -0.15) is 4.39 Å². The summed E-state index contributed by atoms with van der Waals surface area (Å²) >= 11 is 0. The second kappa shape index (κ2) is 7.64. The Morgan fingerprint density at radius 2 is 1.88 bits per heavy atom. The number of Topliss-reactive ketones (excluding diaryl/α,β-unsaturated/α-hetero) is 1. The summed E-state index contributed by atoms with van der Waals surface area (Å²) in [6, 6.07) is 10.1. The Morgan fingerprint density at radius 3 is 2.58 bits per heavy atom. The van der Waals surface area contributed by atoms with Gasteiger partial charge in [0.25, 0.3) is 0 Å². The molecule has 2 aromatic rings. The molecule has 0 bridgehead atoms. The van der Waals surface area contributed by atoms with E-state index in [1.807, 2.05) is 37.3 Å². The van der Waals surface area contributed by atoms with Gasteiger partial charge in [-0.1, -0.05) is 30.3 Å². The lowest BCUT2D eigenvalue weighted by molar-refractivity contribution is -0.114. The van der Waals surface area contributed by atoms with E-state index in [-0.39, 0.29) is 17.5 Å². The lowest BCUT2D eigenvalue weighted by atomic mass is 9.95. The maximum absolute atomic E-state index is 13.8. The molecule has 0 saturated heterocycles. The number of ketones is 1. The van der Waals surface area contributed by atoms with Gasteiger partial charge in [0.2, 0.25) is 5.95 Å². The number of benzene rings is 1. The van der Waals surface area contributed by atoms with Gasteiger partial charge in [0, 0.05) is 18.1 Å². The van der Waals surface area contributed by atoms with Gasteiger partial charge in [0.15, 0.2) is 11.5 Å². The maximum Gasteiger partial charge on any atom is 0.361 e. The minimum absolute atomic E-state index is 0.0276. The number of carbonyl (C=O) groups is 2. The van der Waals surface area contributed by atoms with Gasteiger partial charge < -0.3 is 4.74 Å². The zero-order valence-electron chi connectivity index (χ0n) is 14.9. The number of carbonyl (C=O) groups excluding carboxylic acids is 2. The van der Waals surface area contributed by atoms with Crippen molar-refractivity contribution in [2.24, 2.45) is 0 Å². The first-order valence-electron chi connectivity index (χ1n) is 8.72. The van der Waals surface area contributed by atoms with Crippen molar-refractivity contribution in [3.63, 3.8) is 0 Å². The quantitative estimate of drug-likeness (QED) is 0.753. The fraction of sp³-hybridized carbons (Fsp3) is 0.350. The van der Waals surface area contributed by atoms with Crippen LogP contribution in [0.1, 0.15) is 61.6 Å². The molecule has 1 aliphatic rings. The van der Waals surface area contributed by atoms with Gasteiger partial charge in [-0.15, -0.1) is 5.10 Å². The summed E-state index contributed by atoms with van der Waals surface area (Å²) in [5, 5.41) is 3.82. The Balaban J connectivity index is 1.90. The largest absolute Gasteiger partial charge is 0.426 e. The fourth-order valence-electron chi connectivity index (χ4n) is 3.21. The van der Waals surface area contributed by atoms with E-state index < -0.39 is 11.9 Å². The molecule has 0 saturated carbocycles. The van der Waals surface area contributed by atoms with Gasteiger partial charge in [-0.3, -0.25) is 4.79 Å². The van der Waals surface area contributed by atoms with Gasteiger partial charge >= 0.3 is 5.97 Å². The maximum atomic E-state index is 13.8. The van der Waals surface area contributed by atoms with Crippen LogP contribution in [-0.4, -0.2) is 21.5 Å². The summed E-state index contributed by atoms with van der Waals surface area (Å²) in [6.07, 6.45) is 2.89. The van der Waals surface area contributed by atoms with E-state index in [1.54, 1.807) is 0 Å². The number of allylic oxidation sites excluding steroid dienone is 2. The van der Waals surface area contributed by atoms with Crippen molar-refractivity contribution in [1.29, 1.82) is 0 Å². The molecule has 0 spiro atoms.